The first-order valence-electron chi connectivity index (χ1n) is 10.5. The summed E-state index contributed by atoms with van der Waals surface area (Å²) in [6.07, 6.45) is 3.59. The van der Waals surface area contributed by atoms with Gasteiger partial charge in [-0.3, -0.25) is 14.0 Å². The van der Waals surface area contributed by atoms with Crippen molar-refractivity contribution >= 4 is 21.6 Å². The van der Waals surface area contributed by atoms with Gasteiger partial charge in [0.25, 0.3) is 0 Å². The fourth-order valence-electron chi connectivity index (χ4n) is 3.93. The highest BCUT2D eigenvalue weighted by molar-refractivity contribution is 7.92. The third-order valence-electron chi connectivity index (χ3n) is 5.46. The summed E-state index contributed by atoms with van der Waals surface area (Å²) in [4.78, 5) is 15.3. The maximum Gasteiger partial charge on any atom is 0.243 e. The fraction of sp³-hybridized carbons (Fsp3) is 0.435. The van der Waals surface area contributed by atoms with Crippen LogP contribution < -0.4 is 14.4 Å². The van der Waals surface area contributed by atoms with Gasteiger partial charge in [0, 0.05) is 19.2 Å². The molecule has 0 unspecified atom stereocenters. The number of carbonyl (C=O) groups excluding carboxylic acids is 1. The van der Waals surface area contributed by atoms with E-state index in [4.69, 9.17) is 4.74 Å². The molecule has 1 heterocycles. The molecule has 1 amide bonds. The second-order valence-electron chi connectivity index (χ2n) is 7.96. The topological polar surface area (TPSA) is 79.0 Å². The van der Waals surface area contributed by atoms with Crippen LogP contribution in [0.15, 0.2) is 48.5 Å². The van der Waals surface area contributed by atoms with E-state index in [9.17, 15) is 13.2 Å². The van der Waals surface area contributed by atoms with Crippen LogP contribution in [0.2, 0.25) is 0 Å². The van der Waals surface area contributed by atoms with Crippen molar-refractivity contribution < 1.29 is 17.9 Å². The number of methoxy groups -OCH3 is 1. The molecule has 0 radical (unpaired) electrons. The lowest BCUT2D eigenvalue weighted by Gasteiger charge is -2.28. The van der Waals surface area contributed by atoms with Gasteiger partial charge in [0.2, 0.25) is 15.9 Å². The zero-order chi connectivity index (χ0) is 22.4. The zero-order valence-corrected chi connectivity index (χ0v) is 19.2. The third-order valence-corrected chi connectivity index (χ3v) is 6.70. The molecule has 0 aromatic heterocycles. The molecule has 3 rings (SSSR count). The Morgan fingerprint density at radius 1 is 1.13 bits per heavy atom. The summed E-state index contributed by atoms with van der Waals surface area (Å²) in [6, 6.07) is 13.9. The maximum absolute atomic E-state index is 12.8. The molecule has 1 atom stereocenters. The Hall–Kier alpha value is -2.58. The van der Waals surface area contributed by atoms with Crippen LogP contribution in [0.1, 0.15) is 30.9 Å². The van der Waals surface area contributed by atoms with Crippen LogP contribution >= 0.6 is 0 Å². The minimum Gasteiger partial charge on any atom is -0.497 e. The highest BCUT2D eigenvalue weighted by Gasteiger charge is 2.29. The molecule has 0 saturated carbocycles. The summed E-state index contributed by atoms with van der Waals surface area (Å²) >= 11 is 0. The molecule has 1 N–H and O–H groups in total. The third kappa shape index (κ3) is 6.21. The van der Waals surface area contributed by atoms with Crippen LogP contribution in [0, 0.1) is 0 Å². The first kappa shape index (κ1) is 23.1. The van der Waals surface area contributed by atoms with Crippen molar-refractivity contribution in [3.63, 3.8) is 0 Å². The number of carbonyl (C=O) groups is 1. The van der Waals surface area contributed by atoms with E-state index in [1.54, 1.807) is 31.2 Å². The number of amides is 1. The summed E-state index contributed by atoms with van der Waals surface area (Å²) in [5, 5.41) is 2.88. The lowest BCUT2D eigenvalue weighted by atomic mass is 10.1. The number of sulfonamides is 1. The molecule has 168 valence electrons. The lowest BCUT2D eigenvalue weighted by molar-refractivity contribution is -0.122. The SMILES string of the molecule is COc1cccc(N([C@@H](C)C(=O)NCc2cccc(CN3CCCC3)c2)S(C)(=O)=O)c1. The van der Waals surface area contributed by atoms with Gasteiger partial charge in [-0.05, 0) is 56.1 Å². The Bertz CT molecular complexity index is 1000. The summed E-state index contributed by atoms with van der Waals surface area (Å²) in [5.74, 6) is 0.159. The average Bonchev–Trinajstić information content (AvgIpc) is 3.24. The first-order valence-corrected chi connectivity index (χ1v) is 12.3. The molecule has 31 heavy (non-hydrogen) atoms. The molecule has 7 nitrogen and oxygen atoms in total. The molecule has 0 aliphatic carbocycles. The van der Waals surface area contributed by atoms with Crippen molar-refractivity contribution in [2.24, 2.45) is 0 Å². The van der Waals surface area contributed by atoms with Gasteiger partial charge in [-0.15, -0.1) is 0 Å². The lowest BCUT2D eigenvalue weighted by Crippen LogP contribution is -2.47. The number of rotatable bonds is 9. The van der Waals surface area contributed by atoms with Crippen molar-refractivity contribution in [1.82, 2.24) is 10.2 Å². The minimum atomic E-state index is -3.68. The van der Waals surface area contributed by atoms with E-state index in [-0.39, 0.29) is 5.91 Å². The normalized spacial score (nSPS) is 15.5. The Balaban J connectivity index is 1.68. The number of anilines is 1. The van der Waals surface area contributed by atoms with E-state index in [0.717, 1.165) is 35.8 Å². The molecular weight excluding hydrogens is 414 g/mol. The number of likely N-dealkylation sites (tertiary alicyclic amines) is 1. The molecule has 1 aliphatic rings. The quantitative estimate of drug-likeness (QED) is 0.642. The van der Waals surface area contributed by atoms with E-state index < -0.39 is 16.1 Å². The van der Waals surface area contributed by atoms with Gasteiger partial charge in [-0.25, -0.2) is 8.42 Å². The van der Waals surface area contributed by atoms with E-state index in [0.29, 0.717) is 18.0 Å². The van der Waals surface area contributed by atoms with E-state index in [1.807, 2.05) is 12.1 Å². The largest absolute Gasteiger partial charge is 0.497 e. The number of benzene rings is 2. The second kappa shape index (κ2) is 10.2. The van der Waals surface area contributed by atoms with Crippen LogP contribution in [0.5, 0.6) is 5.75 Å². The molecule has 8 heteroatoms. The standard InChI is InChI=1S/C23H31N3O4S/c1-18(26(31(3,28)29)21-10-7-11-22(15-21)30-2)23(27)24-16-19-8-6-9-20(14-19)17-25-12-4-5-13-25/h6-11,14-15,18H,4-5,12-13,16-17H2,1-3H3,(H,24,27)/t18-/m0/s1. The first-order chi connectivity index (χ1) is 14.8. The van der Waals surface area contributed by atoms with Gasteiger partial charge in [-0.2, -0.15) is 0 Å². The Kier molecular flexibility index (Phi) is 7.56. The smallest absolute Gasteiger partial charge is 0.243 e. The number of nitrogens with one attached hydrogen (secondary N) is 1. The minimum absolute atomic E-state index is 0.340. The summed E-state index contributed by atoms with van der Waals surface area (Å²) in [6.45, 7) is 5.09. The monoisotopic (exact) mass is 445 g/mol. The van der Waals surface area contributed by atoms with Gasteiger partial charge in [0.1, 0.15) is 11.8 Å². The molecule has 0 bridgehead atoms. The Labute approximate surface area is 185 Å². The molecule has 1 fully saturated rings. The molecule has 2 aromatic rings. The molecular formula is C23H31N3O4S. The second-order valence-corrected chi connectivity index (χ2v) is 9.82. The number of nitrogens with zero attached hydrogens (tertiary/aromatic N) is 2. The van der Waals surface area contributed by atoms with Crippen molar-refractivity contribution in [3.05, 3.63) is 59.7 Å². The van der Waals surface area contributed by atoms with E-state index in [2.05, 4.69) is 22.3 Å². The molecule has 2 aromatic carbocycles. The van der Waals surface area contributed by atoms with Gasteiger partial charge < -0.3 is 10.1 Å². The van der Waals surface area contributed by atoms with Crippen LogP contribution in [0.3, 0.4) is 0 Å². The summed E-state index contributed by atoms with van der Waals surface area (Å²) in [7, 11) is -2.17. The van der Waals surface area contributed by atoms with Crippen LogP contribution in [-0.2, 0) is 27.9 Å². The van der Waals surface area contributed by atoms with Crippen molar-refractivity contribution in [1.29, 1.82) is 0 Å². The zero-order valence-electron chi connectivity index (χ0n) is 18.4. The maximum atomic E-state index is 12.8. The Morgan fingerprint density at radius 2 is 1.81 bits per heavy atom. The number of hydrogen-bond donors (Lipinski definition) is 1. The van der Waals surface area contributed by atoms with Crippen molar-refractivity contribution in [2.75, 3.05) is 30.8 Å². The average molecular weight is 446 g/mol. The Morgan fingerprint density at radius 3 is 2.48 bits per heavy atom. The molecule has 0 spiro atoms. The number of hydrogen-bond acceptors (Lipinski definition) is 5. The predicted molar refractivity (Wildman–Crippen MR) is 123 cm³/mol. The highest BCUT2D eigenvalue weighted by Crippen LogP contribution is 2.25. The fourth-order valence-corrected chi connectivity index (χ4v) is 5.10. The van der Waals surface area contributed by atoms with Crippen LogP contribution in [0.4, 0.5) is 5.69 Å². The predicted octanol–water partition coefficient (Wildman–Crippen LogP) is 2.76. The summed E-state index contributed by atoms with van der Waals surface area (Å²) < 4.78 is 31.2. The van der Waals surface area contributed by atoms with Gasteiger partial charge in [0.05, 0.1) is 19.1 Å². The molecule has 1 saturated heterocycles. The van der Waals surface area contributed by atoms with Crippen LogP contribution in [0.25, 0.3) is 0 Å². The van der Waals surface area contributed by atoms with Gasteiger partial charge >= 0.3 is 0 Å². The molecule has 1 aliphatic heterocycles. The van der Waals surface area contributed by atoms with Gasteiger partial charge in [-0.1, -0.05) is 30.3 Å². The summed E-state index contributed by atoms with van der Waals surface area (Å²) in [5.41, 5.74) is 2.59. The highest BCUT2D eigenvalue weighted by atomic mass is 32.2. The number of ether oxygens (including phenoxy) is 1. The van der Waals surface area contributed by atoms with Crippen molar-refractivity contribution in [3.8, 4) is 5.75 Å². The van der Waals surface area contributed by atoms with Crippen molar-refractivity contribution in [2.45, 2.75) is 38.9 Å². The van der Waals surface area contributed by atoms with E-state index >= 15 is 0 Å². The van der Waals surface area contributed by atoms with Crippen LogP contribution in [-0.4, -0.2) is 51.7 Å². The van der Waals surface area contributed by atoms with Gasteiger partial charge in [0.15, 0.2) is 0 Å². The van der Waals surface area contributed by atoms with E-state index in [1.165, 1.54) is 25.5 Å².